The molecule has 1 N–H and O–H groups in total. The van der Waals surface area contributed by atoms with Gasteiger partial charge < -0.3 is 4.98 Å². The van der Waals surface area contributed by atoms with Crippen LogP contribution in [-0.4, -0.2) is 4.98 Å². The molecule has 4 aliphatic rings. The number of aromatic amines is 1. The van der Waals surface area contributed by atoms with Crippen LogP contribution in [0.15, 0.2) is 24.4 Å². The maximum absolute atomic E-state index is 3.54. The van der Waals surface area contributed by atoms with E-state index in [0.717, 1.165) is 17.8 Å². The lowest BCUT2D eigenvalue weighted by Gasteiger charge is -2.57. The van der Waals surface area contributed by atoms with Gasteiger partial charge in [0.1, 0.15) is 0 Å². The summed E-state index contributed by atoms with van der Waals surface area (Å²) in [5.74, 6) is 3.07. The minimum Gasteiger partial charge on any atom is -0.361 e. The molecule has 0 spiro atoms. The summed E-state index contributed by atoms with van der Waals surface area (Å²) in [4.78, 5) is 3.54. The van der Waals surface area contributed by atoms with E-state index in [1.165, 1.54) is 55.0 Å². The smallest absolute Gasteiger partial charge is 0.0457 e. The van der Waals surface area contributed by atoms with Gasteiger partial charge in [-0.1, -0.05) is 11.6 Å². The summed E-state index contributed by atoms with van der Waals surface area (Å²) < 4.78 is 0. The SMILES string of the molecule is Cc1ccc2[nH]cc(C34CC5CC(CC(C5)C3)C4)c2c1. The number of hydrogen-bond donors (Lipinski definition) is 1. The molecule has 1 heteroatoms. The Kier molecular flexibility index (Phi) is 2.11. The van der Waals surface area contributed by atoms with Crippen LogP contribution < -0.4 is 0 Å². The maximum atomic E-state index is 3.54. The number of benzene rings is 1. The topological polar surface area (TPSA) is 15.8 Å². The molecule has 2 aromatic rings. The van der Waals surface area contributed by atoms with E-state index in [1.807, 2.05) is 0 Å². The van der Waals surface area contributed by atoms with Crippen molar-refractivity contribution >= 4 is 10.9 Å². The van der Waals surface area contributed by atoms with Crippen molar-refractivity contribution in [3.8, 4) is 0 Å². The summed E-state index contributed by atoms with van der Waals surface area (Å²) in [7, 11) is 0. The van der Waals surface area contributed by atoms with Gasteiger partial charge in [-0.15, -0.1) is 0 Å². The van der Waals surface area contributed by atoms with E-state index < -0.39 is 0 Å². The third kappa shape index (κ3) is 1.44. The van der Waals surface area contributed by atoms with Crippen molar-refractivity contribution in [3.05, 3.63) is 35.5 Å². The first kappa shape index (κ1) is 11.4. The summed E-state index contributed by atoms with van der Waals surface area (Å²) in [6.07, 6.45) is 11.3. The molecule has 0 amide bonds. The molecule has 0 radical (unpaired) electrons. The Bertz CT molecular complexity index is 643. The molecular formula is C19H23N. The van der Waals surface area contributed by atoms with E-state index in [0.29, 0.717) is 5.41 Å². The predicted octanol–water partition coefficient (Wildman–Crippen LogP) is 4.94. The molecule has 0 unspecified atom stereocenters. The Labute approximate surface area is 120 Å². The first-order chi connectivity index (χ1) is 9.72. The van der Waals surface area contributed by atoms with Crippen molar-refractivity contribution in [2.24, 2.45) is 17.8 Å². The van der Waals surface area contributed by atoms with Crippen LogP contribution in [0.5, 0.6) is 0 Å². The average Bonchev–Trinajstić information content (AvgIpc) is 2.80. The lowest BCUT2D eigenvalue weighted by molar-refractivity contribution is -0.00449. The number of nitrogens with one attached hydrogen (secondary N) is 1. The highest BCUT2D eigenvalue weighted by Gasteiger charge is 2.52. The monoisotopic (exact) mass is 265 g/mol. The molecule has 1 heterocycles. The number of hydrogen-bond acceptors (Lipinski definition) is 0. The predicted molar refractivity (Wildman–Crippen MR) is 82.9 cm³/mol. The van der Waals surface area contributed by atoms with Gasteiger partial charge in [-0.05, 0) is 86.3 Å². The van der Waals surface area contributed by atoms with E-state index in [-0.39, 0.29) is 0 Å². The van der Waals surface area contributed by atoms with E-state index in [2.05, 4.69) is 36.3 Å². The highest BCUT2D eigenvalue weighted by molar-refractivity contribution is 5.85. The normalized spacial score (nSPS) is 38.8. The highest BCUT2D eigenvalue weighted by Crippen LogP contribution is 2.61. The zero-order valence-electron chi connectivity index (χ0n) is 12.3. The lowest BCUT2D eigenvalue weighted by Crippen LogP contribution is -2.48. The van der Waals surface area contributed by atoms with Crippen LogP contribution in [0.2, 0.25) is 0 Å². The second-order valence-electron chi connectivity index (χ2n) is 7.95. The van der Waals surface area contributed by atoms with Crippen LogP contribution in [-0.2, 0) is 5.41 Å². The third-order valence-corrected chi connectivity index (χ3v) is 6.45. The number of aryl methyl sites for hydroxylation is 1. The van der Waals surface area contributed by atoms with Crippen molar-refractivity contribution in [1.82, 2.24) is 4.98 Å². The van der Waals surface area contributed by atoms with E-state index in [1.54, 1.807) is 5.56 Å². The summed E-state index contributed by atoms with van der Waals surface area (Å²) in [6.45, 7) is 2.22. The molecule has 1 nitrogen and oxygen atoms in total. The fraction of sp³-hybridized carbons (Fsp3) is 0.579. The van der Waals surface area contributed by atoms with Crippen molar-refractivity contribution in [2.75, 3.05) is 0 Å². The Hall–Kier alpha value is -1.24. The van der Waals surface area contributed by atoms with Gasteiger partial charge in [0.2, 0.25) is 0 Å². The molecule has 4 saturated carbocycles. The number of H-pyrrole nitrogens is 1. The first-order valence-corrected chi connectivity index (χ1v) is 8.30. The fourth-order valence-corrected chi connectivity index (χ4v) is 6.11. The molecular weight excluding hydrogens is 242 g/mol. The quantitative estimate of drug-likeness (QED) is 0.751. The minimum absolute atomic E-state index is 0.515. The van der Waals surface area contributed by atoms with Gasteiger partial charge >= 0.3 is 0 Å². The van der Waals surface area contributed by atoms with Crippen molar-refractivity contribution < 1.29 is 0 Å². The van der Waals surface area contributed by atoms with Crippen LogP contribution in [0.25, 0.3) is 10.9 Å². The Morgan fingerprint density at radius 3 is 2.30 bits per heavy atom. The van der Waals surface area contributed by atoms with Gasteiger partial charge in [-0.25, -0.2) is 0 Å². The van der Waals surface area contributed by atoms with Crippen molar-refractivity contribution in [1.29, 1.82) is 0 Å². The summed E-state index contributed by atoms with van der Waals surface area (Å²) in [5, 5.41) is 1.51. The summed E-state index contributed by atoms with van der Waals surface area (Å²) in [6, 6.07) is 6.89. The second-order valence-corrected chi connectivity index (χ2v) is 7.95. The van der Waals surface area contributed by atoms with Gasteiger partial charge in [0.25, 0.3) is 0 Å². The molecule has 4 fully saturated rings. The van der Waals surface area contributed by atoms with Crippen molar-refractivity contribution in [2.45, 2.75) is 50.9 Å². The largest absolute Gasteiger partial charge is 0.361 e. The van der Waals surface area contributed by atoms with E-state index in [9.17, 15) is 0 Å². The van der Waals surface area contributed by atoms with E-state index in [4.69, 9.17) is 0 Å². The fourth-order valence-electron chi connectivity index (χ4n) is 6.11. The Morgan fingerprint density at radius 1 is 1.00 bits per heavy atom. The van der Waals surface area contributed by atoms with Crippen LogP contribution in [0.1, 0.15) is 49.7 Å². The number of rotatable bonds is 1. The molecule has 104 valence electrons. The Balaban J connectivity index is 1.69. The number of fused-ring (bicyclic) bond motifs is 1. The van der Waals surface area contributed by atoms with Gasteiger partial charge in [0.05, 0.1) is 0 Å². The molecule has 0 saturated heterocycles. The average molecular weight is 265 g/mol. The molecule has 20 heavy (non-hydrogen) atoms. The standard InChI is InChI=1S/C19H23N/c1-12-2-3-18-16(4-12)17(11-20-18)19-8-13-5-14(9-19)7-15(6-13)10-19/h2-4,11,13-15,20H,5-10H2,1H3. The van der Waals surface area contributed by atoms with Gasteiger partial charge in [-0.3, -0.25) is 0 Å². The summed E-state index contributed by atoms with van der Waals surface area (Å²) in [5.41, 5.74) is 4.89. The first-order valence-electron chi connectivity index (χ1n) is 8.30. The molecule has 0 aliphatic heterocycles. The zero-order chi connectivity index (χ0) is 13.3. The second kappa shape index (κ2) is 3.69. The lowest BCUT2D eigenvalue weighted by atomic mass is 9.48. The molecule has 1 aromatic heterocycles. The van der Waals surface area contributed by atoms with Gasteiger partial charge in [-0.2, -0.15) is 0 Å². The molecule has 6 rings (SSSR count). The maximum Gasteiger partial charge on any atom is 0.0457 e. The van der Waals surface area contributed by atoms with Crippen LogP contribution in [0.4, 0.5) is 0 Å². The van der Waals surface area contributed by atoms with Crippen LogP contribution >= 0.6 is 0 Å². The molecule has 0 atom stereocenters. The van der Waals surface area contributed by atoms with Gasteiger partial charge in [0.15, 0.2) is 0 Å². The summed E-state index contributed by atoms with van der Waals surface area (Å²) >= 11 is 0. The molecule has 4 bridgehead atoms. The van der Waals surface area contributed by atoms with Crippen molar-refractivity contribution in [3.63, 3.8) is 0 Å². The third-order valence-electron chi connectivity index (χ3n) is 6.45. The zero-order valence-corrected chi connectivity index (χ0v) is 12.3. The van der Waals surface area contributed by atoms with Crippen LogP contribution in [0, 0.1) is 24.7 Å². The minimum atomic E-state index is 0.515. The molecule has 1 aromatic carbocycles. The van der Waals surface area contributed by atoms with Gasteiger partial charge in [0, 0.05) is 17.1 Å². The molecule has 4 aliphatic carbocycles. The highest BCUT2D eigenvalue weighted by atomic mass is 14.7. The Morgan fingerprint density at radius 2 is 1.65 bits per heavy atom. The van der Waals surface area contributed by atoms with E-state index >= 15 is 0 Å². The van der Waals surface area contributed by atoms with Crippen LogP contribution in [0.3, 0.4) is 0 Å². The number of aromatic nitrogens is 1.